The molecule has 86 valence electrons. The van der Waals surface area contributed by atoms with Gasteiger partial charge in [-0.25, -0.2) is 0 Å². The number of ketones is 1. The van der Waals surface area contributed by atoms with Crippen LogP contribution in [-0.2, 0) is 0 Å². The minimum Gasteiger partial charge on any atom is -0.504 e. The van der Waals surface area contributed by atoms with Gasteiger partial charge in [0.1, 0.15) is 3.74 Å². The molecule has 0 aliphatic carbocycles. The first-order chi connectivity index (χ1) is 7.34. The van der Waals surface area contributed by atoms with Gasteiger partial charge in [0.15, 0.2) is 11.5 Å². The Bertz CT molecular complexity index is 499. The summed E-state index contributed by atoms with van der Waals surface area (Å²) in [6.45, 7) is 0. The first-order valence-electron chi connectivity index (χ1n) is 3.89. The van der Waals surface area contributed by atoms with Crippen molar-refractivity contribution in [3.8, 4) is 5.75 Å². The van der Waals surface area contributed by atoms with Crippen LogP contribution in [0.2, 0.25) is 0 Å². The van der Waals surface area contributed by atoms with E-state index in [0.717, 1.165) is 0 Å². The van der Waals surface area contributed by atoms with Crippen molar-refractivity contribution in [3.63, 3.8) is 0 Å². The fourth-order valence-electron chi connectivity index (χ4n) is 0.975. The molecule has 1 aromatic carbocycles. The Hall–Kier alpha value is 0.280. The quantitative estimate of drug-likeness (QED) is 0.521. The lowest BCUT2D eigenvalue weighted by Crippen LogP contribution is -2.10. The van der Waals surface area contributed by atoms with Crippen LogP contribution < -0.4 is 5.43 Å². The summed E-state index contributed by atoms with van der Waals surface area (Å²) in [4.78, 5) is 23.3. The number of Topliss-reactive ketones (excluding diaryl/α,β-unsaturated/α-hetero) is 1. The Morgan fingerprint density at radius 1 is 1.25 bits per heavy atom. The molecule has 0 bridgehead atoms. The highest BCUT2D eigenvalue weighted by atomic mass is 79.9. The van der Waals surface area contributed by atoms with E-state index in [0.29, 0.717) is 4.47 Å². The van der Waals surface area contributed by atoms with Crippen LogP contribution in [0.4, 0.5) is 0 Å². The van der Waals surface area contributed by atoms with Gasteiger partial charge in [-0.15, -0.1) is 0 Å². The van der Waals surface area contributed by atoms with Crippen LogP contribution in [-0.4, -0.2) is 14.6 Å². The lowest BCUT2D eigenvalue weighted by molar-refractivity contribution is 0.101. The standard InChI is InChI=1S/C9H4Br4O3/c10-3-1-4(7(15)9(12)13)6(14)8(16)5(11)2-3/h1-2,9H,(H,14,16). The molecule has 0 radical (unpaired) electrons. The highest BCUT2D eigenvalue weighted by Crippen LogP contribution is 2.24. The van der Waals surface area contributed by atoms with E-state index >= 15 is 0 Å². The van der Waals surface area contributed by atoms with Crippen molar-refractivity contribution in [1.29, 1.82) is 0 Å². The normalized spacial score (nSPS) is 10.6. The molecule has 0 aliphatic heterocycles. The number of carbonyl (C=O) groups excluding carboxylic acids is 1. The minimum atomic E-state index is -0.654. The van der Waals surface area contributed by atoms with Gasteiger partial charge in [0.2, 0.25) is 5.43 Å². The van der Waals surface area contributed by atoms with E-state index in [1.165, 1.54) is 12.1 Å². The third kappa shape index (κ3) is 3.15. The molecule has 1 aromatic rings. The zero-order valence-corrected chi connectivity index (χ0v) is 13.9. The van der Waals surface area contributed by atoms with Crippen molar-refractivity contribution in [2.75, 3.05) is 0 Å². The van der Waals surface area contributed by atoms with E-state index in [-0.39, 0.29) is 10.0 Å². The van der Waals surface area contributed by atoms with Gasteiger partial charge in [-0.3, -0.25) is 9.59 Å². The van der Waals surface area contributed by atoms with Gasteiger partial charge in [-0.2, -0.15) is 0 Å². The largest absolute Gasteiger partial charge is 0.504 e. The number of rotatable bonds is 2. The Balaban J connectivity index is 3.60. The average molecular weight is 480 g/mol. The second-order valence-electron chi connectivity index (χ2n) is 2.78. The zero-order chi connectivity index (χ0) is 12.5. The van der Waals surface area contributed by atoms with Gasteiger partial charge < -0.3 is 5.11 Å². The summed E-state index contributed by atoms with van der Waals surface area (Å²) in [7, 11) is 0. The fraction of sp³-hybridized carbons (Fsp3) is 0.111. The molecule has 0 fully saturated rings. The highest BCUT2D eigenvalue weighted by Gasteiger charge is 2.19. The van der Waals surface area contributed by atoms with Crippen LogP contribution >= 0.6 is 63.7 Å². The Labute approximate surface area is 125 Å². The first-order valence-corrected chi connectivity index (χ1v) is 7.31. The smallest absolute Gasteiger partial charge is 0.235 e. The van der Waals surface area contributed by atoms with Crippen LogP contribution in [0.15, 0.2) is 25.9 Å². The van der Waals surface area contributed by atoms with E-state index in [9.17, 15) is 14.7 Å². The molecular weight excluding hydrogens is 476 g/mol. The Kier molecular flexibility index (Phi) is 5.15. The molecule has 0 saturated heterocycles. The lowest BCUT2D eigenvalue weighted by Gasteiger charge is -2.00. The van der Waals surface area contributed by atoms with Gasteiger partial charge >= 0.3 is 0 Å². The molecule has 0 spiro atoms. The van der Waals surface area contributed by atoms with Crippen LogP contribution in [0.25, 0.3) is 0 Å². The number of carbonyl (C=O) groups is 1. The SMILES string of the molecule is O=C(c1cc(Br)cc(Br)c(=O)c1O)C(Br)Br. The predicted molar refractivity (Wildman–Crippen MR) is 75.7 cm³/mol. The van der Waals surface area contributed by atoms with E-state index in [1.54, 1.807) is 0 Å². The third-order valence-corrected chi connectivity index (χ3v) is 3.58. The molecule has 0 heterocycles. The van der Waals surface area contributed by atoms with Crippen molar-refractivity contribution in [2.24, 2.45) is 0 Å². The maximum atomic E-state index is 11.7. The maximum Gasteiger partial charge on any atom is 0.235 e. The molecule has 1 N–H and O–H groups in total. The van der Waals surface area contributed by atoms with Crippen molar-refractivity contribution in [3.05, 3.63) is 36.9 Å². The summed E-state index contributed by atoms with van der Waals surface area (Å²) in [6, 6.07) is 2.86. The lowest BCUT2D eigenvalue weighted by atomic mass is 10.2. The van der Waals surface area contributed by atoms with Crippen molar-refractivity contribution < 1.29 is 9.90 Å². The molecule has 0 amide bonds. The highest BCUT2D eigenvalue weighted by molar-refractivity contribution is 9.25. The van der Waals surface area contributed by atoms with Crippen LogP contribution in [0, 0.1) is 0 Å². The molecule has 0 unspecified atom stereocenters. The molecule has 0 atom stereocenters. The van der Waals surface area contributed by atoms with Gasteiger partial charge in [-0.1, -0.05) is 47.8 Å². The number of hydrogen-bond donors (Lipinski definition) is 1. The summed E-state index contributed by atoms with van der Waals surface area (Å²) >= 11 is 12.2. The molecule has 0 saturated carbocycles. The maximum absolute atomic E-state index is 11.7. The summed E-state index contributed by atoms with van der Waals surface area (Å²) < 4.78 is 0.0378. The van der Waals surface area contributed by atoms with Crippen molar-refractivity contribution in [1.82, 2.24) is 0 Å². The van der Waals surface area contributed by atoms with E-state index < -0.39 is 20.7 Å². The molecule has 0 aliphatic rings. The third-order valence-electron chi connectivity index (χ3n) is 1.70. The van der Waals surface area contributed by atoms with Crippen LogP contribution in [0.5, 0.6) is 5.75 Å². The van der Waals surface area contributed by atoms with Gasteiger partial charge in [-0.05, 0) is 28.1 Å². The van der Waals surface area contributed by atoms with E-state index in [2.05, 4.69) is 63.7 Å². The number of halogens is 4. The van der Waals surface area contributed by atoms with Crippen LogP contribution in [0.1, 0.15) is 10.4 Å². The van der Waals surface area contributed by atoms with Crippen molar-refractivity contribution >= 4 is 69.5 Å². The number of alkyl halides is 2. The topological polar surface area (TPSA) is 54.4 Å². The predicted octanol–water partition coefficient (Wildman–Crippen LogP) is 3.58. The second kappa shape index (κ2) is 5.75. The minimum absolute atomic E-state index is 0.0543. The summed E-state index contributed by atoms with van der Waals surface area (Å²) in [5.41, 5.74) is -0.684. The summed E-state index contributed by atoms with van der Waals surface area (Å²) in [5.74, 6) is -1.01. The first kappa shape index (κ1) is 14.3. The summed E-state index contributed by atoms with van der Waals surface area (Å²) in [5, 5.41) is 9.66. The van der Waals surface area contributed by atoms with Crippen molar-refractivity contribution in [2.45, 2.75) is 3.74 Å². The van der Waals surface area contributed by atoms with Gasteiger partial charge in [0, 0.05) is 4.47 Å². The second-order valence-corrected chi connectivity index (χ2v) is 7.61. The Morgan fingerprint density at radius 2 is 1.81 bits per heavy atom. The molecule has 1 rings (SSSR count). The molecule has 7 heteroatoms. The molecule has 0 aromatic heterocycles. The monoisotopic (exact) mass is 476 g/mol. The van der Waals surface area contributed by atoms with Crippen LogP contribution in [0.3, 0.4) is 0 Å². The van der Waals surface area contributed by atoms with E-state index in [1.807, 2.05) is 0 Å². The van der Waals surface area contributed by atoms with Gasteiger partial charge in [0.05, 0.1) is 10.0 Å². The zero-order valence-electron chi connectivity index (χ0n) is 7.51. The van der Waals surface area contributed by atoms with Gasteiger partial charge in [0.25, 0.3) is 0 Å². The molecule has 16 heavy (non-hydrogen) atoms. The molecular formula is C9H4Br4O3. The number of aromatic hydroxyl groups is 1. The Morgan fingerprint density at radius 3 is 2.31 bits per heavy atom. The molecule has 3 nitrogen and oxygen atoms in total. The van der Waals surface area contributed by atoms with E-state index in [4.69, 9.17) is 0 Å². The summed E-state index contributed by atoms with van der Waals surface area (Å²) in [6.07, 6.45) is 0. The average Bonchev–Trinajstić information content (AvgIpc) is 2.29. The number of hydrogen-bond acceptors (Lipinski definition) is 3. The fourth-order valence-corrected chi connectivity index (χ4v) is 2.67.